The predicted octanol–water partition coefficient (Wildman–Crippen LogP) is 2.39. The van der Waals surface area contributed by atoms with Gasteiger partial charge in [-0.2, -0.15) is 0 Å². The number of carbonyl (C=O) groups excluding carboxylic acids is 3. The molecule has 7 heteroatoms. The van der Waals surface area contributed by atoms with Gasteiger partial charge in [0.25, 0.3) is 0 Å². The molecule has 1 heterocycles. The largest absolute Gasteiger partial charge is 0.469 e. The lowest BCUT2D eigenvalue weighted by Crippen LogP contribution is -2.36. The van der Waals surface area contributed by atoms with E-state index in [1.165, 1.54) is 12.0 Å². The van der Waals surface area contributed by atoms with Crippen LogP contribution in [0.2, 0.25) is 0 Å². The molecule has 1 amide bonds. The summed E-state index contributed by atoms with van der Waals surface area (Å²) >= 11 is 0. The lowest BCUT2D eigenvalue weighted by Gasteiger charge is -2.24. The Labute approximate surface area is 153 Å². The first-order chi connectivity index (χ1) is 12.2. The zero-order valence-corrected chi connectivity index (χ0v) is 15.6. The van der Waals surface area contributed by atoms with Gasteiger partial charge in [-0.3, -0.25) is 9.59 Å². The van der Waals surface area contributed by atoms with Crippen molar-refractivity contribution in [2.75, 3.05) is 20.2 Å². The summed E-state index contributed by atoms with van der Waals surface area (Å²) in [7, 11) is 1.25. The summed E-state index contributed by atoms with van der Waals surface area (Å²) in [5, 5.41) is 0. The topological polar surface area (TPSA) is 82.1 Å². The minimum absolute atomic E-state index is 0.0578. The van der Waals surface area contributed by atoms with Crippen LogP contribution in [0, 0.1) is 11.8 Å². The van der Waals surface area contributed by atoms with E-state index < -0.39 is 35.5 Å². The van der Waals surface area contributed by atoms with E-state index in [1.54, 1.807) is 20.8 Å². The average Bonchev–Trinajstić information content (AvgIpc) is 3.04. The number of benzene rings is 1. The molecule has 0 radical (unpaired) electrons. The maximum Gasteiger partial charge on any atom is 0.410 e. The van der Waals surface area contributed by atoms with Crippen molar-refractivity contribution in [1.82, 2.24) is 4.90 Å². The van der Waals surface area contributed by atoms with Crippen LogP contribution in [0.25, 0.3) is 0 Å². The van der Waals surface area contributed by atoms with Crippen molar-refractivity contribution in [1.29, 1.82) is 0 Å². The van der Waals surface area contributed by atoms with Gasteiger partial charge in [0, 0.05) is 13.1 Å². The molecular weight excluding hydrogens is 338 g/mol. The van der Waals surface area contributed by atoms with Crippen LogP contribution in [0.15, 0.2) is 30.3 Å². The van der Waals surface area contributed by atoms with Gasteiger partial charge in [0.05, 0.1) is 18.9 Å². The van der Waals surface area contributed by atoms with E-state index in [9.17, 15) is 14.4 Å². The molecule has 1 aliphatic rings. The Balaban J connectivity index is 2.04. The Bertz CT molecular complexity index is 652. The van der Waals surface area contributed by atoms with Crippen LogP contribution < -0.4 is 0 Å². The molecule has 2 rings (SSSR count). The van der Waals surface area contributed by atoms with Crippen LogP contribution in [0.1, 0.15) is 26.3 Å². The summed E-state index contributed by atoms with van der Waals surface area (Å²) in [6, 6.07) is 9.24. The molecule has 0 unspecified atom stereocenters. The van der Waals surface area contributed by atoms with E-state index in [0.29, 0.717) is 0 Å². The standard InChI is InChI=1S/C19H25NO6/c1-19(2,3)26-18(23)20-10-14(16(21)24-4)15(11-20)17(22)25-12-13-8-6-5-7-9-13/h5-9,14-15H,10-12H2,1-4H3/t14-,15-/m0/s1. The van der Waals surface area contributed by atoms with Gasteiger partial charge in [-0.25, -0.2) is 4.79 Å². The summed E-state index contributed by atoms with van der Waals surface area (Å²) in [6.07, 6.45) is -0.565. The van der Waals surface area contributed by atoms with Gasteiger partial charge < -0.3 is 19.1 Å². The van der Waals surface area contributed by atoms with Crippen LogP contribution in [0.3, 0.4) is 0 Å². The third kappa shape index (κ3) is 5.21. The van der Waals surface area contributed by atoms with Crippen molar-refractivity contribution < 1.29 is 28.6 Å². The fourth-order valence-electron chi connectivity index (χ4n) is 2.74. The molecule has 1 saturated heterocycles. The first-order valence-corrected chi connectivity index (χ1v) is 8.47. The zero-order valence-electron chi connectivity index (χ0n) is 15.6. The number of hydrogen-bond donors (Lipinski definition) is 0. The number of amides is 1. The maximum atomic E-state index is 12.5. The van der Waals surface area contributed by atoms with E-state index in [2.05, 4.69) is 0 Å². The fraction of sp³-hybridized carbons (Fsp3) is 0.526. The Hall–Kier alpha value is -2.57. The number of carbonyl (C=O) groups is 3. The van der Waals surface area contributed by atoms with Crippen molar-refractivity contribution in [3.63, 3.8) is 0 Å². The van der Waals surface area contributed by atoms with Gasteiger partial charge in [0.1, 0.15) is 12.2 Å². The molecule has 7 nitrogen and oxygen atoms in total. The molecule has 0 spiro atoms. The Morgan fingerprint density at radius 1 is 1.04 bits per heavy atom. The van der Waals surface area contributed by atoms with E-state index in [1.807, 2.05) is 30.3 Å². The van der Waals surface area contributed by atoms with Crippen molar-refractivity contribution >= 4 is 18.0 Å². The van der Waals surface area contributed by atoms with E-state index in [4.69, 9.17) is 14.2 Å². The lowest BCUT2D eigenvalue weighted by atomic mass is 9.96. The SMILES string of the molecule is COC(=O)[C@H]1CN(C(=O)OC(C)(C)C)C[C@@H]1C(=O)OCc1ccccc1. The predicted molar refractivity (Wildman–Crippen MR) is 93.0 cm³/mol. The van der Waals surface area contributed by atoms with Gasteiger partial charge in [-0.1, -0.05) is 30.3 Å². The lowest BCUT2D eigenvalue weighted by molar-refractivity contribution is -0.157. The fourth-order valence-corrected chi connectivity index (χ4v) is 2.74. The molecule has 0 N–H and O–H groups in total. The van der Waals surface area contributed by atoms with Gasteiger partial charge in [-0.15, -0.1) is 0 Å². The molecule has 0 aromatic heterocycles. The molecule has 1 fully saturated rings. The number of rotatable bonds is 4. The van der Waals surface area contributed by atoms with Gasteiger partial charge in [0.15, 0.2) is 0 Å². The Morgan fingerprint density at radius 3 is 2.15 bits per heavy atom. The molecule has 142 valence electrons. The highest BCUT2D eigenvalue weighted by Crippen LogP contribution is 2.27. The third-order valence-corrected chi connectivity index (χ3v) is 4.00. The minimum Gasteiger partial charge on any atom is -0.469 e. The molecule has 26 heavy (non-hydrogen) atoms. The van der Waals surface area contributed by atoms with Crippen molar-refractivity contribution in [2.45, 2.75) is 33.0 Å². The highest BCUT2D eigenvalue weighted by Gasteiger charge is 2.46. The number of likely N-dealkylation sites (tertiary alicyclic amines) is 1. The molecule has 1 aromatic carbocycles. The number of methoxy groups -OCH3 is 1. The summed E-state index contributed by atoms with van der Waals surface area (Å²) in [4.78, 5) is 38.2. The molecular formula is C19H25NO6. The molecule has 0 bridgehead atoms. The number of ether oxygens (including phenoxy) is 3. The van der Waals surface area contributed by atoms with Crippen LogP contribution in [-0.4, -0.2) is 48.7 Å². The second-order valence-corrected chi connectivity index (χ2v) is 7.21. The van der Waals surface area contributed by atoms with Crippen LogP contribution in [-0.2, 0) is 30.4 Å². The van der Waals surface area contributed by atoms with E-state index in [-0.39, 0.29) is 19.7 Å². The maximum absolute atomic E-state index is 12.5. The molecule has 0 saturated carbocycles. The summed E-state index contributed by atoms with van der Waals surface area (Å²) < 4.78 is 15.4. The van der Waals surface area contributed by atoms with Crippen molar-refractivity contribution in [3.05, 3.63) is 35.9 Å². The van der Waals surface area contributed by atoms with Crippen LogP contribution in [0.5, 0.6) is 0 Å². The molecule has 0 aliphatic carbocycles. The second kappa shape index (κ2) is 8.21. The highest BCUT2D eigenvalue weighted by molar-refractivity contribution is 5.85. The first kappa shape index (κ1) is 19.8. The van der Waals surface area contributed by atoms with Crippen LogP contribution >= 0.6 is 0 Å². The first-order valence-electron chi connectivity index (χ1n) is 8.47. The van der Waals surface area contributed by atoms with Gasteiger partial charge in [-0.05, 0) is 26.3 Å². The second-order valence-electron chi connectivity index (χ2n) is 7.21. The van der Waals surface area contributed by atoms with E-state index in [0.717, 1.165) is 5.56 Å². The number of nitrogens with zero attached hydrogens (tertiary/aromatic N) is 1. The third-order valence-electron chi connectivity index (χ3n) is 4.00. The minimum atomic E-state index is -0.779. The normalized spacial score (nSPS) is 19.8. The molecule has 1 aromatic rings. The number of esters is 2. The van der Waals surface area contributed by atoms with Gasteiger partial charge in [0.2, 0.25) is 0 Å². The molecule has 2 atom stereocenters. The number of hydrogen-bond acceptors (Lipinski definition) is 6. The summed E-state index contributed by atoms with van der Waals surface area (Å²) in [6.45, 7) is 5.49. The Morgan fingerprint density at radius 2 is 1.62 bits per heavy atom. The highest BCUT2D eigenvalue weighted by atomic mass is 16.6. The summed E-state index contributed by atoms with van der Waals surface area (Å²) in [5.41, 5.74) is 0.182. The van der Waals surface area contributed by atoms with E-state index >= 15 is 0 Å². The quantitative estimate of drug-likeness (QED) is 0.603. The monoisotopic (exact) mass is 363 g/mol. The van der Waals surface area contributed by atoms with Gasteiger partial charge >= 0.3 is 18.0 Å². The molecule has 1 aliphatic heterocycles. The zero-order chi connectivity index (χ0) is 19.3. The van der Waals surface area contributed by atoms with Crippen LogP contribution in [0.4, 0.5) is 4.79 Å². The average molecular weight is 363 g/mol. The van der Waals surface area contributed by atoms with Crippen molar-refractivity contribution in [2.24, 2.45) is 11.8 Å². The van der Waals surface area contributed by atoms with Crippen molar-refractivity contribution in [3.8, 4) is 0 Å². The Kier molecular flexibility index (Phi) is 6.23. The smallest absolute Gasteiger partial charge is 0.410 e. The summed E-state index contributed by atoms with van der Waals surface area (Å²) in [5.74, 6) is -2.62.